The molecule has 0 saturated carbocycles. The molecule has 2 aromatic rings. The Morgan fingerprint density at radius 3 is 2.74 bits per heavy atom. The second-order valence-corrected chi connectivity index (χ2v) is 6.05. The third kappa shape index (κ3) is 2.93. The van der Waals surface area contributed by atoms with Gasteiger partial charge in [0, 0.05) is 30.9 Å². The molecule has 1 atom stereocenters. The van der Waals surface area contributed by atoms with E-state index < -0.39 is 0 Å². The van der Waals surface area contributed by atoms with Gasteiger partial charge in [-0.3, -0.25) is 9.59 Å². The molecule has 120 valence electrons. The number of likely N-dealkylation sites (tertiary alicyclic amines) is 1. The van der Waals surface area contributed by atoms with Crippen molar-refractivity contribution in [1.82, 2.24) is 9.47 Å². The van der Waals surface area contributed by atoms with Gasteiger partial charge in [0.2, 0.25) is 0 Å². The predicted octanol–water partition coefficient (Wildman–Crippen LogP) is 3.15. The van der Waals surface area contributed by atoms with E-state index >= 15 is 0 Å². The van der Waals surface area contributed by atoms with E-state index in [9.17, 15) is 9.59 Å². The number of aromatic nitrogens is 1. The fraction of sp³-hybridized carbons (Fsp3) is 0.368. The minimum atomic E-state index is -0.120. The number of benzene rings is 1. The molecule has 1 aromatic heterocycles. The zero-order chi connectivity index (χ0) is 16.4. The van der Waals surface area contributed by atoms with Crippen LogP contribution in [0.3, 0.4) is 0 Å². The average molecular weight is 310 g/mol. The van der Waals surface area contributed by atoms with Crippen LogP contribution in [0, 0.1) is 6.92 Å². The number of amides is 1. The molecular weight excluding hydrogens is 288 g/mol. The van der Waals surface area contributed by atoms with E-state index in [2.05, 4.69) is 19.1 Å². The lowest BCUT2D eigenvalue weighted by molar-refractivity contribution is 0.0735. The van der Waals surface area contributed by atoms with E-state index in [0.717, 1.165) is 19.4 Å². The van der Waals surface area contributed by atoms with Crippen LogP contribution in [0.5, 0.6) is 0 Å². The summed E-state index contributed by atoms with van der Waals surface area (Å²) in [7, 11) is 0. The summed E-state index contributed by atoms with van der Waals surface area (Å²) in [6.07, 6.45) is 3.67. The van der Waals surface area contributed by atoms with Crippen molar-refractivity contribution in [3.63, 3.8) is 0 Å². The molecule has 1 aromatic carbocycles. The minimum Gasteiger partial charge on any atom is -0.332 e. The van der Waals surface area contributed by atoms with Gasteiger partial charge in [-0.15, -0.1) is 0 Å². The number of aryl methyl sites for hydroxylation is 2. The summed E-state index contributed by atoms with van der Waals surface area (Å²) in [5, 5.41) is 0. The maximum absolute atomic E-state index is 12.9. The van der Waals surface area contributed by atoms with Crippen molar-refractivity contribution < 1.29 is 4.79 Å². The van der Waals surface area contributed by atoms with Crippen molar-refractivity contribution in [2.45, 2.75) is 39.3 Å². The smallest absolute Gasteiger partial charge is 0.254 e. The maximum atomic E-state index is 12.9. The fourth-order valence-corrected chi connectivity index (χ4v) is 3.36. The quantitative estimate of drug-likeness (QED) is 0.874. The Hall–Kier alpha value is -2.36. The van der Waals surface area contributed by atoms with Gasteiger partial charge in [-0.2, -0.15) is 0 Å². The number of hydrogen-bond acceptors (Lipinski definition) is 2. The zero-order valence-electron chi connectivity index (χ0n) is 13.7. The second-order valence-electron chi connectivity index (χ2n) is 6.05. The summed E-state index contributed by atoms with van der Waals surface area (Å²) in [5.41, 5.74) is 2.78. The molecule has 1 aliphatic rings. The lowest BCUT2D eigenvalue weighted by Gasteiger charge is -2.26. The van der Waals surface area contributed by atoms with Gasteiger partial charge in [-0.1, -0.05) is 24.3 Å². The number of pyridine rings is 1. The van der Waals surface area contributed by atoms with Gasteiger partial charge < -0.3 is 9.47 Å². The SMILES string of the molecule is CCn1ccc(C(=O)N2CCCC2c2ccccc2C)cc1=O. The van der Waals surface area contributed by atoms with Crippen LogP contribution in [0.1, 0.15) is 47.3 Å². The van der Waals surface area contributed by atoms with Crippen LogP contribution in [0.4, 0.5) is 0 Å². The summed E-state index contributed by atoms with van der Waals surface area (Å²) >= 11 is 0. The lowest BCUT2D eigenvalue weighted by atomic mass is 9.99. The lowest BCUT2D eigenvalue weighted by Crippen LogP contribution is -2.32. The number of nitrogens with zero attached hydrogens (tertiary/aromatic N) is 2. The third-order valence-corrected chi connectivity index (χ3v) is 4.64. The Morgan fingerprint density at radius 1 is 1.26 bits per heavy atom. The van der Waals surface area contributed by atoms with Crippen LogP contribution in [-0.4, -0.2) is 21.9 Å². The first kappa shape index (κ1) is 15.5. The van der Waals surface area contributed by atoms with E-state index in [1.807, 2.05) is 24.0 Å². The molecule has 3 rings (SSSR count). The van der Waals surface area contributed by atoms with Crippen LogP contribution in [-0.2, 0) is 6.54 Å². The topological polar surface area (TPSA) is 42.3 Å². The highest BCUT2D eigenvalue weighted by atomic mass is 16.2. The van der Waals surface area contributed by atoms with E-state index in [-0.39, 0.29) is 17.5 Å². The minimum absolute atomic E-state index is 0.0453. The Morgan fingerprint density at radius 2 is 2.04 bits per heavy atom. The molecule has 0 radical (unpaired) electrons. The van der Waals surface area contributed by atoms with Crippen LogP contribution < -0.4 is 5.56 Å². The predicted molar refractivity (Wildman–Crippen MR) is 90.6 cm³/mol. The Bertz CT molecular complexity index is 779. The molecule has 4 heteroatoms. The van der Waals surface area contributed by atoms with Gasteiger partial charge in [0.25, 0.3) is 11.5 Å². The molecule has 4 nitrogen and oxygen atoms in total. The number of carbonyl (C=O) groups excluding carboxylic acids is 1. The number of rotatable bonds is 3. The maximum Gasteiger partial charge on any atom is 0.254 e. The van der Waals surface area contributed by atoms with Gasteiger partial charge in [-0.25, -0.2) is 0 Å². The van der Waals surface area contributed by atoms with Crippen LogP contribution in [0.2, 0.25) is 0 Å². The Kier molecular flexibility index (Phi) is 4.33. The molecule has 0 N–H and O–H groups in total. The van der Waals surface area contributed by atoms with E-state index in [4.69, 9.17) is 0 Å². The van der Waals surface area contributed by atoms with E-state index in [1.54, 1.807) is 16.8 Å². The largest absolute Gasteiger partial charge is 0.332 e. The summed E-state index contributed by atoms with van der Waals surface area (Å²) < 4.78 is 1.60. The third-order valence-electron chi connectivity index (χ3n) is 4.64. The Labute approximate surface area is 136 Å². The van der Waals surface area contributed by atoms with Crippen LogP contribution >= 0.6 is 0 Å². The highest BCUT2D eigenvalue weighted by Gasteiger charge is 2.31. The molecule has 1 amide bonds. The van der Waals surface area contributed by atoms with Gasteiger partial charge in [0.1, 0.15) is 0 Å². The molecule has 23 heavy (non-hydrogen) atoms. The van der Waals surface area contributed by atoms with Gasteiger partial charge in [0.15, 0.2) is 0 Å². The monoisotopic (exact) mass is 310 g/mol. The summed E-state index contributed by atoms with van der Waals surface area (Å²) in [6, 6.07) is 11.5. The average Bonchev–Trinajstić information content (AvgIpc) is 3.04. The molecule has 2 heterocycles. The number of carbonyl (C=O) groups is 1. The molecule has 1 unspecified atom stereocenters. The van der Waals surface area contributed by atoms with Crippen LogP contribution in [0.15, 0.2) is 47.4 Å². The first-order valence-electron chi connectivity index (χ1n) is 8.19. The highest BCUT2D eigenvalue weighted by molar-refractivity contribution is 5.94. The van der Waals surface area contributed by atoms with Crippen molar-refractivity contribution in [2.24, 2.45) is 0 Å². The molecule has 1 fully saturated rings. The first-order chi connectivity index (χ1) is 11.1. The Balaban J connectivity index is 1.91. The van der Waals surface area contributed by atoms with Crippen molar-refractivity contribution in [3.8, 4) is 0 Å². The van der Waals surface area contributed by atoms with Crippen molar-refractivity contribution >= 4 is 5.91 Å². The second kappa shape index (κ2) is 6.41. The van der Waals surface area contributed by atoms with Crippen LogP contribution in [0.25, 0.3) is 0 Å². The summed E-state index contributed by atoms with van der Waals surface area (Å²) in [5.74, 6) is -0.0453. The van der Waals surface area contributed by atoms with E-state index in [1.165, 1.54) is 17.2 Å². The fourth-order valence-electron chi connectivity index (χ4n) is 3.36. The standard InChI is InChI=1S/C19H22N2O2/c1-3-20-12-10-15(13-18(20)22)19(23)21-11-6-9-17(21)16-8-5-4-7-14(16)2/h4-5,7-8,10,12-13,17H,3,6,9,11H2,1-2H3. The van der Waals surface area contributed by atoms with Gasteiger partial charge in [0.05, 0.1) is 6.04 Å². The van der Waals surface area contributed by atoms with Crippen molar-refractivity contribution in [2.75, 3.05) is 6.54 Å². The van der Waals surface area contributed by atoms with E-state index in [0.29, 0.717) is 12.1 Å². The van der Waals surface area contributed by atoms with Gasteiger partial charge in [-0.05, 0) is 43.9 Å². The molecule has 1 aliphatic heterocycles. The summed E-state index contributed by atoms with van der Waals surface area (Å²) in [4.78, 5) is 26.8. The molecule has 1 saturated heterocycles. The molecule has 0 bridgehead atoms. The van der Waals surface area contributed by atoms with Crippen molar-refractivity contribution in [1.29, 1.82) is 0 Å². The normalized spacial score (nSPS) is 17.5. The van der Waals surface area contributed by atoms with Gasteiger partial charge >= 0.3 is 0 Å². The highest BCUT2D eigenvalue weighted by Crippen LogP contribution is 2.34. The molecule has 0 spiro atoms. The summed E-state index contributed by atoms with van der Waals surface area (Å²) in [6.45, 7) is 5.36. The molecular formula is C19H22N2O2. The number of hydrogen-bond donors (Lipinski definition) is 0. The zero-order valence-corrected chi connectivity index (χ0v) is 13.7. The first-order valence-corrected chi connectivity index (χ1v) is 8.19. The molecule has 0 aliphatic carbocycles. The van der Waals surface area contributed by atoms with Crippen molar-refractivity contribution in [3.05, 3.63) is 69.6 Å².